The van der Waals surface area contributed by atoms with Crippen molar-refractivity contribution in [1.29, 1.82) is 5.26 Å². The maximum absolute atomic E-state index is 11.7. The lowest BCUT2D eigenvalue weighted by Crippen LogP contribution is -2.28. The van der Waals surface area contributed by atoms with Crippen molar-refractivity contribution in [2.75, 3.05) is 20.2 Å². The summed E-state index contributed by atoms with van der Waals surface area (Å²) in [5, 5.41) is 9.06. The third kappa shape index (κ3) is 5.19. The van der Waals surface area contributed by atoms with Crippen molar-refractivity contribution in [2.24, 2.45) is 0 Å². The first-order valence-electron chi connectivity index (χ1n) is 6.04. The van der Waals surface area contributed by atoms with Gasteiger partial charge in [0.2, 0.25) is 5.91 Å². The average Bonchev–Trinajstić information content (AvgIpc) is 2.39. The number of nitrogens with zero attached hydrogens (tertiary/aromatic N) is 2. The van der Waals surface area contributed by atoms with Crippen LogP contribution in [0.3, 0.4) is 0 Å². The number of halogens is 1. The lowest BCUT2D eigenvalue weighted by Gasteiger charge is -2.16. The van der Waals surface area contributed by atoms with Gasteiger partial charge in [-0.15, -0.1) is 0 Å². The second kappa shape index (κ2) is 7.65. The van der Waals surface area contributed by atoms with E-state index in [1.54, 1.807) is 19.2 Å². The molecule has 1 amide bonds. The van der Waals surface area contributed by atoms with Crippen LogP contribution in [0.25, 0.3) is 0 Å². The van der Waals surface area contributed by atoms with Gasteiger partial charge < -0.3 is 9.64 Å². The minimum Gasteiger partial charge on any atom is -0.493 e. The number of rotatable bonds is 6. The van der Waals surface area contributed by atoms with E-state index in [0.29, 0.717) is 30.3 Å². The number of aryl methyl sites for hydroxylation is 1. The summed E-state index contributed by atoms with van der Waals surface area (Å²) in [7, 11) is 1.68. The van der Waals surface area contributed by atoms with Gasteiger partial charge in [0.1, 0.15) is 5.75 Å². The quantitative estimate of drug-likeness (QED) is 0.805. The molecular weight excluding hydrogens is 264 g/mol. The number of ether oxygens (including phenoxy) is 1. The number of amides is 1. The van der Waals surface area contributed by atoms with Crippen LogP contribution in [0.1, 0.15) is 18.4 Å². The van der Waals surface area contributed by atoms with Gasteiger partial charge >= 0.3 is 0 Å². The van der Waals surface area contributed by atoms with Crippen LogP contribution in [0.4, 0.5) is 0 Å². The van der Waals surface area contributed by atoms with E-state index in [1.807, 2.05) is 19.1 Å². The SMILES string of the molecule is Cc1ccc(Cl)cc1OCCC(=O)N(C)CCC#N. The molecule has 0 spiro atoms. The van der Waals surface area contributed by atoms with E-state index in [0.717, 1.165) is 5.56 Å². The lowest BCUT2D eigenvalue weighted by molar-refractivity contribution is -0.130. The molecule has 0 unspecified atom stereocenters. The summed E-state index contributed by atoms with van der Waals surface area (Å²) >= 11 is 5.88. The molecule has 5 heteroatoms. The summed E-state index contributed by atoms with van der Waals surface area (Å²) in [5.41, 5.74) is 0.981. The molecule has 102 valence electrons. The number of hydrogen-bond donors (Lipinski definition) is 0. The highest BCUT2D eigenvalue weighted by Crippen LogP contribution is 2.22. The van der Waals surface area contributed by atoms with Gasteiger partial charge in [0.15, 0.2) is 0 Å². The third-order valence-corrected chi connectivity index (χ3v) is 2.94. The summed E-state index contributed by atoms with van der Waals surface area (Å²) in [5.74, 6) is 0.662. The second-order valence-corrected chi connectivity index (χ2v) is 4.67. The standard InChI is InChI=1S/C14H17ClN2O2/c1-11-4-5-12(15)10-13(11)19-9-6-14(18)17(2)8-3-7-16/h4-5,10H,3,6,8-9H2,1-2H3. The van der Waals surface area contributed by atoms with Crippen molar-refractivity contribution in [1.82, 2.24) is 4.90 Å². The van der Waals surface area contributed by atoms with Gasteiger partial charge in [-0.3, -0.25) is 4.79 Å². The molecule has 0 heterocycles. The summed E-state index contributed by atoms with van der Waals surface area (Å²) in [6, 6.07) is 7.42. The zero-order valence-corrected chi connectivity index (χ0v) is 11.9. The molecule has 0 atom stereocenters. The number of hydrogen-bond acceptors (Lipinski definition) is 3. The summed E-state index contributed by atoms with van der Waals surface area (Å²) in [6.07, 6.45) is 0.629. The molecule has 0 aliphatic carbocycles. The molecule has 0 aliphatic heterocycles. The van der Waals surface area contributed by atoms with Crippen molar-refractivity contribution >= 4 is 17.5 Å². The maximum atomic E-state index is 11.7. The second-order valence-electron chi connectivity index (χ2n) is 4.23. The van der Waals surface area contributed by atoms with Crippen LogP contribution in [0.5, 0.6) is 5.75 Å². The van der Waals surface area contributed by atoms with Crippen LogP contribution in [0, 0.1) is 18.3 Å². The average molecular weight is 281 g/mol. The fraction of sp³-hybridized carbons (Fsp3) is 0.429. The fourth-order valence-corrected chi connectivity index (χ4v) is 1.67. The minimum atomic E-state index is -0.0325. The van der Waals surface area contributed by atoms with Crippen molar-refractivity contribution in [3.05, 3.63) is 28.8 Å². The van der Waals surface area contributed by atoms with Crippen molar-refractivity contribution < 1.29 is 9.53 Å². The van der Waals surface area contributed by atoms with Crippen LogP contribution in [0.15, 0.2) is 18.2 Å². The van der Waals surface area contributed by atoms with Crippen LogP contribution >= 0.6 is 11.6 Å². The number of carbonyl (C=O) groups is 1. The molecule has 0 aliphatic rings. The molecule has 1 rings (SSSR count). The molecule has 1 aromatic rings. The molecule has 0 aromatic heterocycles. The molecule has 1 aromatic carbocycles. The lowest BCUT2D eigenvalue weighted by atomic mass is 10.2. The predicted molar refractivity (Wildman–Crippen MR) is 74.2 cm³/mol. The predicted octanol–water partition coefficient (Wildman–Crippen LogP) is 2.79. The highest BCUT2D eigenvalue weighted by molar-refractivity contribution is 6.30. The van der Waals surface area contributed by atoms with Crippen LogP contribution in [0.2, 0.25) is 5.02 Å². The fourth-order valence-electron chi connectivity index (χ4n) is 1.51. The van der Waals surface area contributed by atoms with Crippen molar-refractivity contribution in [3.63, 3.8) is 0 Å². The molecule has 0 bridgehead atoms. The van der Waals surface area contributed by atoms with Gasteiger partial charge in [-0.25, -0.2) is 0 Å². The van der Waals surface area contributed by atoms with E-state index < -0.39 is 0 Å². The Morgan fingerprint density at radius 3 is 2.95 bits per heavy atom. The molecule has 0 saturated carbocycles. The van der Waals surface area contributed by atoms with Gasteiger partial charge in [0.25, 0.3) is 0 Å². The molecule has 4 nitrogen and oxygen atoms in total. The van der Waals surface area contributed by atoms with E-state index in [9.17, 15) is 4.79 Å². The van der Waals surface area contributed by atoms with Gasteiger partial charge in [0.05, 0.1) is 25.5 Å². The smallest absolute Gasteiger partial charge is 0.225 e. The van der Waals surface area contributed by atoms with Gasteiger partial charge in [-0.05, 0) is 24.6 Å². The highest BCUT2D eigenvalue weighted by Gasteiger charge is 2.09. The Morgan fingerprint density at radius 2 is 2.26 bits per heavy atom. The Kier molecular flexibility index (Phi) is 6.17. The van der Waals surface area contributed by atoms with E-state index in [-0.39, 0.29) is 12.3 Å². The van der Waals surface area contributed by atoms with Crippen molar-refractivity contribution in [2.45, 2.75) is 19.8 Å². The molecule has 19 heavy (non-hydrogen) atoms. The monoisotopic (exact) mass is 280 g/mol. The third-order valence-electron chi connectivity index (χ3n) is 2.71. The van der Waals surface area contributed by atoms with Gasteiger partial charge in [-0.2, -0.15) is 5.26 Å². The van der Waals surface area contributed by atoms with Gasteiger partial charge in [0, 0.05) is 18.6 Å². The van der Waals surface area contributed by atoms with Crippen LogP contribution in [-0.2, 0) is 4.79 Å². The van der Waals surface area contributed by atoms with Crippen LogP contribution in [-0.4, -0.2) is 31.0 Å². The van der Waals surface area contributed by atoms with Crippen molar-refractivity contribution in [3.8, 4) is 11.8 Å². The van der Waals surface area contributed by atoms with E-state index in [4.69, 9.17) is 21.6 Å². The van der Waals surface area contributed by atoms with E-state index in [2.05, 4.69) is 0 Å². The Bertz CT molecular complexity index is 483. The first kappa shape index (κ1) is 15.3. The van der Waals surface area contributed by atoms with E-state index >= 15 is 0 Å². The summed E-state index contributed by atoms with van der Waals surface area (Å²) < 4.78 is 5.55. The normalized spacial score (nSPS) is 9.79. The molecule has 0 N–H and O–H groups in total. The summed E-state index contributed by atoms with van der Waals surface area (Å²) in [6.45, 7) is 2.68. The maximum Gasteiger partial charge on any atom is 0.225 e. The molecule has 0 fully saturated rings. The summed E-state index contributed by atoms with van der Waals surface area (Å²) in [4.78, 5) is 13.2. The Morgan fingerprint density at radius 1 is 1.53 bits per heavy atom. The Hall–Kier alpha value is -1.73. The van der Waals surface area contributed by atoms with Gasteiger partial charge in [-0.1, -0.05) is 17.7 Å². The Labute approximate surface area is 118 Å². The molecule has 0 saturated heterocycles. The van der Waals surface area contributed by atoms with E-state index in [1.165, 1.54) is 4.90 Å². The number of nitriles is 1. The Balaban J connectivity index is 2.40. The highest BCUT2D eigenvalue weighted by atomic mass is 35.5. The first-order valence-corrected chi connectivity index (χ1v) is 6.42. The molecule has 0 radical (unpaired) electrons. The largest absolute Gasteiger partial charge is 0.493 e. The zero-order chi connectivity index (χ0) is 14.3. The molecular formula is C14H17ClN2O2. The minimum absolute atomic E-state index is 0.0325. The number of benzene rings is 1. The topological polar surface area (TPSA) is 53.3 Å². The first-order chi connectivity index (χ1) is 9.04. The van der Waals surface area contributed by atoms with Crippen LogP contribution < -0.4 is 4.74 Å². The zero-order valence-electron chi connectivity index (χ0n) is 11.1. The number of carbonyl (C=O) groups excluding carboxylic acids is 1.